The maximum Gasteiger partial charge on any atom is 0.326 e. The van der Waals surface area contributed by atoms with E-state index in [9.17, 15) is 18.8 Å². The zero-order valence-electron chi connectivity index (χ0n) is 10.3. The molecular weight excluding hydrogens is 271 g/mol. The molecule has 0 aliphatic carbocycles. The van der Waals surface area contributed by atoms with Crippen LogP contribution in [0.3, 0.4) is 0 Å². The topological polar surface area (TPSA) is 119 Å². The number of carboxylic acids is 1. The molecule has 0 bridgehead atoms. The Kier molecular flexibility index (Phi) is 5.45. The van der Waals surface area contributed by atoms with Gasteiger partial charge in [0.1, 0.15) is 17.6 Å². The third kappa shape index (κ3) is 5.34. The summed E-state index contributed by atoms with van der Waals surface area (Å²) >= 11 is 0. The van der Waals surface area contributed by atoms with Gasteiger partial charge in [0.2, 0.25) is 5.91 Å². The molecule has 0 heterocycles. The van der Waals surface area contributed by atoms with Crippen LogP contribution in [0, 0.1) is 5.82 Å². The van der Waals surface area contributed by atoms with Crippen molar-refractivity contribution in [2.75, 3.05) is 6.61 Å². The average molecular weight is 284 g/mol. The van der Waals surface area contributed by atoms with Crippen LogP contribution in [-0.2, 0) is 14.4 Å². The van der Waals surface area contributed by atoms with Crippen molar-refractivity contribution in [1.82, 2.24) is 5.32 Å². The lowest BCUT2D eigenvalue weighted by Gasteiger charge is -2.13. The van der Waals surface area contributed by atoms with Gasteiger partial charge < -0.3 is 20.9 Å². The smallest absolute Gasteiger partial charge is 0.326 e. The standard InChI is InChI=1S/C12H13FN2O5/c13-7-2-1-3-8(4-7)20-6-11(17)15-9(12(18)19)5-10(14)16/h1-4,9H,5-6H2,(H2,14,16)(H,15,17)(H,18,19). The summed E-state index contributed by atoms with van der Waals surface area (Å²) in [7, 11) is 0. The van der Waals surface area contributed by atoms with Gasteiger partial charge in [-0.05, 0) is 12.1 Å². The molecule has 1 rings (SSSR count). The maximum absolute atomic E-state index is 12.8. The molecule has 0 saturated heterocycles. The predicted octanol–water partition coefficient (Wildman–Crippen LogP) is -0.351. The van der Waals surface area contributed by atoms with E-state index in [1.54, 1.807) is 0 Å². The van der Waals surface area contributed by atoms with Crippen LogP contribution in [0.1, 0.15) is 6.42 Å². The summed E-state index contributed by atoms with van der Waals surface area (Å²) in [5.74, 6) is -3.41. The maximum atomic E-state index is 12.8. The minimum atomic E-state index is -1.42. The van der Waals surface area contributed by atoms with Crippen LogP contribution >= 0.6 is 0 Å². The molecule has 1 aromatic carbocycles. The van der Waals surface area contributed by atoms with E-state index in [0.717, 1.165) is 6.07 Å². The van der Waals surface area contributed by atoms with Gasteiger partial charge in [-0.3, -0.25) is 9.59 Å². The molecule has 1 atom stereocenters. The third-order valence-electron chi connectivity index (χ3n) is 2.20. The Morgan fingerprint density at radius 1 is 1.40 bits per heavy atom. The van der Waals surface area contributed by atoms with Crippen LogP contribution in [0.2, 0.25) is 0 Å². The summed E-state index contributed by atoms with van der Waals surface area (Å²) in [4.78, 5) is 32.9. The van der Waals surface area contributed by atoms with Crippen molar-refractivity contribution in [3.63, 3.8) is 0 Å². The number of benzene rings is 1. The number of amides is 2. The molecule has 7 nitrogen and oxygen atoms in total. The molecule has 8 heteroatoms. The van der Waals surface area contributed by atoms with E-state index in [0.29, 0.717) is 0 Å². The molecule has 1 aromatic rings. The van der Waals surface area contributed by atoms with Crippen molar-refractivity contribution in [1.29, 1.82) is 0 Å². The van der Waals surface area contributed by atoms with Crippen LogP contribution < -0.4 is 15.8 Å². The molecule has 0 aliphatic rings. The lowest BCUT2D eigenvalue weighted by Crippen LogP contribution is -2.45. The van der Waals surface area contributed by atoms with Crippen molar-refractivity contribution >= 4 is 17.8 Å². The van der Waals surface area contributed by atoms with Gasteiger partial charge in [0.05, 0.1) is 6.42 Å². The van der Waals surface area contributed by atoms with Crippen molar-refractivity contribution in [2.24, 2.45) is 5.73 Å². The minimum absolute atomic E-state index is 0.127. The van der Waals surface area contributed by atoms with Gasteiger partial charge in [0.15, 0.2) is 6.61 Å². The molecule has 1 unspecified atom stereocenters. The second-order valence-electron chi connectivity index (χ2n) is 3.87. The van der Waals surface area contributed by atoms with Gasteiger partial charge in [0.25, 0.3) is 5.91 Å². The van der Waals surface area contributed by atoms with Gasteiger partial charge in [-0.2, -0.15) is 0 Å². The number of hydrogen-bond donors (Lipinski definition) is 3. The van der Waals surface area contributed by atoms with Gasteiger partial charge >= 0.3 is 5.97 Å². The highest BCUT2D eigenvalue weighted by Gasteiger charge is 2.22. The number of aliphatic carboxylic acids is 1. The Labute approximate surface area is 113 Å². The van der Waals surface area contributed by atoms with Crippen LogP contribution in [0.4, 0.5) is 4.39 Å². The predicted molar refractivity (Wildman–Crippen MR) is 65.3 cm³/mol. The van der Waals surface area contributed by atoms with Crippen molar-refractivity contribution in [2.45, 2.75) is 12.5 Å². The van der Waals surface area contributed by atoms with Gasteiger partial charge in [-0.15, -0.1) is 0 Å². The Morgan fingerprint density at radius 3 is 2.65 bits per heavy atom. The largest absolute Gasteiger partial charge is 0.484 e. The summed E-state index contributed by atoms with van der Waals surface area (Å²) in [5.41, 5.74) is 4.86. The van der Waals surface area contributed by atoms with Crippen molar-refractivity contribution < 1.29 is 28.6 Å². The van der Waals surface area contributed by atoms with Crippen molar-refractivity contribution in [3.8, 4) is 5.75 Å². The third-order valence-corrected chi connectivity index (χ3v) is 2.20. The Bertz CT molecular complexity index is 520. The number of rotatable bonds is 7. The first-order chi connectivity index (χ1) is 9.38. The number of carbonyl (C=O) groups is 3. The average Bonchev–Trinajstić information content (AvgIpc) is 2.35. The Hall–Kier alpha value is -2.64. The van der Waals surface area contributed by atoms with Crippen LogP contribution in [0.5, 0.6) is 5.75 Å². The quantitative estimate of drug-likeness (QED) is 0.632. The number of carboxylic acid groups (broad SMARTS) is 1. The summed E-state index contributed by atoms with van der Waals surface area (Å²) in [6.07, 6.45) is -0.527. The van der Waals surface area contributed by atoms with E-state index >= 15 is 0 Å². The van der Waals surface area contributed by atoms with E-state index in [4.69, 9.17) is 15.6 Å². The number of ether oxygens (including phenoxy) is 1. The molecule has 108 valence electrons. The number of nitrogens with one attached hydrogen (secondary N) is 1. The van der Waals surface area contributed by atoms with Gasteiger partial charge in [-0.25, -0.2) is 9.18 Å². The fourth-order valence-corrected chi connectivity index (χ4v) is 1.34. The number of halogens is 1. The highest BCUT2D eigenvalue weighted by Crippen LogP contribution is 2.11. The fraction of sp³-hybridized carbons (Fsp3) is 0.250. The van der Waals surface area contributed by atoms with E-state index in [2.05, 4.69) is 5.32 Å². The van der Waals surface area contributed by atoms with E-state index < -0.39 is 42.7 Å². The van der Waals surface area contributed by atoms with E-state index in [-0.39, 0.29) is 5.75 Å². The molecule has 0 saturated carbocycles. The molecule has 0 spiro atoms. The molecule has 4 N–H and O–H groups in total. The number of primary amides is 1. The monoisotopic (exact) mass is 284 g/mol. The lowest BCUT2D eigenvalue weighted by atomic mass is 10.2. The Morgan fingerprint density at radius 2 is 2.10 bits per heavy atom. The zero-order valence-corrected chi connectivity index (χ0v) is 10.3. The Balaban J connectivity index is 2.49. The normalized spacial score (nSPS) is 11.4. The van der Waals surface area contributed by atoms with E-state index in [1.165, 1.54) is 18.2 Å². The lowest BCUT2D eigenvalue weighted by molar-refractivity contribution is -0.143. The zero-order chi connectivity index (χ0) is 15.1. The van der Waals surface area contributed by atoms with Crippen LogP contribution in [-0.4, -0.2) is 35.5 Å². The molecule has 0 fully saturated rings. The van der Waals surface area contributed by atoms with Crippen LogP contribution in [0.25, 0.3) is 0 Å². The molecule has 0 radical (unpaired) electrons. The number of nitrogens with two attached hydrogens (primary N) is 1. The van der Waals surface area contributed by atoms with E-state index in [1.807, 2.05) is 0 Å². The molecule has 0 aromatic heterocycles. The first-order valence-electron chi connectivity index (χ1n) is 5.57. The summed E-state index contributed by atoms with van der Waals surface area (Å²) in [6, 6.07) is 3.70. The molecule has 2 amide bonds. The summed E-state index contributed by atoms with van der Waals surface area (Å²) in [5, 5.41) is 10.9. The minimum Gasteiger partial charge on any atom is -0.484 e. The highest BCUT2D eigenvalue weighted by atomic mass is 19.1. The first kappa shape index (κ1) is 15.4. The second-order valence-corrected chi connectivity index (χ2v) is 3.87. The highest BCUT2D eigenvalue weighted by molar-refractivity contribution is 5.88. The number of carbonyl (C=O) groups excluding carboxylic acids is 2. The van der Waals surface area contributed by atoms with Crippen molar-refractivity contribution in [3.05, 3.63) is 30.1 Å². The summed E-state index contributed by atoms with van der Waals surface area (Å²) in [6.45, 7) is -0.508. The summed E-state index contributed by atoms with van der Waals surface area (Å²) < 4.78 is 17.8. The van der Waals surface area contributed by atoms with Gasteiger partial charge in [-0.1, -0.05) is 6.07 Å². The number of hydrogen-bond acceptors (Lipinski definition) is 4. The molecular formula is C12H13FN2O5. The first-order valence-corrected chi connectivity index (χ1v) is 5.57. The van der Waals surface area contributed by atoms with Gasteiger partial charge in [0, 0.05) is 6.07 Å². The second kappa shape index (κ2) is 7.07. The SMILES string of the molecule is NC(=O)CC(NC(=O)COc1cccc(F)c1)C(=O)O. The fourth-order valence-electron chi connectivity index (χ4n) is 1.34. The van der Waals surface area contributed by atoms with Crippen LogP contribution in [0.15, 0.2) is 24.3 Å². The molecule has 20 heavy (non-hydrogen) atoms. The molecule has 0 aliphatic heterocycles.